The number of ether oxygens (including phenoxy) is 2. The van der Waals surface area contributed by atoms with E-state index in [2.05, 4.69) is 4.98 Å². The first-order chi connectivity index (χ1) is 9.89. The Balaban J connectivity index is 2.34. The molecule has 112 valence electrons. The highest BCUT2D eigenvalue weighted by molar-refractivity contribution is 5.73. The molecule has 2 N–H and O–H groups in total. The molecule has 1 heterocycles. The molecule has 0 saturated heterocycles. The second-order valence-electron chi connectivity index (χ2n) is 4.25. The van der Waals surface area contributed by atoms with Gasteiger partial charge in [0, 0.05) is 23.5 Å². The molecule has 0 unspecified atom stereocenters. The van der Waals surface area contributed by atoms with Crippen molar-refractivity contribution in [2.75, 3.05) is 19.5 Å². The maximum Gasteiger partial charge on any atom is 0.422 e. The number of alkyl halides is 3. The van der Waals surface area contributed by atoms with E-state index in [1.165, 1.54) is 19.2 Å². The summed E-state index contributed by atoms with van der Waals surface area (Å²) < 4.78 is 46.4. The van der Waals surface area contributed by atoms with Crippen molar-refractivity contribution in [3.63, 3.8) is 0 Å². The van der Waals surface area contributed by atoms with Gasteiger partial charge in [-0.25, -0.2) is 4.98 Å². The fourth-order valence-electron chi connectivity index (χ4n) is 1.80. The van der Waals surface area contributed by atoms with Crippen molar-refractivity contribution in [3.8, 4) is 22.8 Å². The van der Waals surface area contributed by atoms with Crippen LogP contribution in [0, 0.1) is 0 Å². The average Bonchev–Trinajstić information content (AvgIpc) is 2.44. The molecule has 7 heteroatoms. The van der Waals surface area contributed by atoms with Crippen molar-refractivity contribution in [3.05, 3.63) is 36.5 Å². The lowest BCUT2D eigenvalue weighted by Crippen LogP contribution is -2.19. The van der Waals surface area contributed by atoms with Crippen LogP contribution in [-0.4, -0.2) is 24.9 Å². The Labute approximate surface area is 119 Å². The number of nitrogens with two attached hydrogens (primary N) is 1. The molecule has 2 aromatic rings. The van der Waals surface area contributed by atoms with E-state index in [9.17, 15) is 13.2 Å². The third kappa shape index (κ3) is 4.01. The first-order valence-electron chi connectivity index (χ1n) is 5.98. The first kappa shape index (κ1) is 15.0. The van der Waals surface area contributed by atoms with E-state index in [1.807, 2.05) is 0 Å². The van der Waals surface area contributed by atoms with Crippen LogP contribution in [0.4, 0.5) is 18.9 Å². The predicted molar refractivity (Wildman–Crippen MR) is 72.2 cm³/mol. The molecular weight excluding hydrogens is 285 g/mol. The minimum atomic E-state index is -4.41. The number of nitrogens with zero attached hydrogens (tertiary/aromatic N) is 1. The summed E-state index contributed by atoms with van der Waals surface area (Å²) in [6, 6.07) is 7.82. The summed E-state index contributed by atoms with van der Waals surface area (Å²) in [5.41, 5.74) is 7.17. The van der Waals surface area contributed by atoms with Crippen LogP contribution in [0.5, 0.6) is 11.6 Å². The molecule has 0 aliphatic rings. The van der Waals surface area contributed by atoms with Crippen molar-refractivity contribution in [2.24, 2.45) is 0 Å². The van der Waals surface area contributed by atoms with Gasteiger partial charge >= 0.3 is 6.18 Å². The highest BCUT2D eigenvalue weighted by Crippen LogP contribution is 2.32. The van der Waals surface area contributed by atoms with Crippen molar-refractivity contribution in [2.45, 2.75) is 6.18 Å². The number of rotatable bonds is 4. The molecule has 0 atom stereocenters. The molecule has 0 bridgehead atoms. The Bertz CT molecular complexity index is 630. The highest BCUT2D eigenvalue weighted by atomic mass is 19.4. The largest absolute Gasteiger partial charge is 0.484 e. The lowest BCUT2D eigenvalue weighted by Gasteiger charge is -2.12. The Morgan fingerprint density at radius 1 is 1.24 bits per heavy atom. The predicted octanol–water partition coefficient (Wildman–Crippen LogP) is 3.28. The third-order valence-corrected chi connectivity index (χ3v) is 2.61. The lowest BCUT2D eigenvalue weighted by molar-refractivity contribution is -0.153. The van der Waals surface area contributed by atoms with Gasteiger partial charge in [0.15, 0.2) is 6.61 Å². The summed E-state index contributed by atoms with van der Waals surface area (Å²) in [6.07, 6.45) is -2.85. The topological polar surface area (TPSA) is 57.4 Å². The standard InChI is InChI=1S/C14H13F3N2O2/c1-20-13-12(3-2-4-19-13)9-5-10(18)7-11(6-9)21-8-14(15,16)17/h2-7H,8,18H2,1H3. The van der Waals surface area contributed by atoms with E-state index in [1.54, 1.807) is 24.4 Å². The monoisotopic (exact) mass is 298 g/mol. The minimum absolute atomic E-state index is 0.0354. The maximum atomic E-state index is 12.2. The number of benzene rings is 1. The summed E-state index contributed by atoms with van der Waals surface area (Å²) >= 11 is 0. The fourth-order valence-corrected chi connectivity index (χ4v) is 1.80. The summed E-state index contributed by atoms with van der Waals surface area (Å²) in [5, 5.41) is 0. The zero-order valence-corrected chi connectivity index (χ0v) is 11.1. The molecule has 0 aliphatic carbocycles. The quantitative estimate of drug-likeness (QED) is 0.880. The van der Waals surface area contributed by atoms with Crippen molar-refractivity contribution in [1.82, 2.24) is 4.98 Å². The van der Waals surface area contributed by atoms with Gasteiger partial charge in [0.2, 0.25) is 5.88 Å². The molecule has 1 aromatic heterocycles. The molecule has 0 saturated carbocycles. The van der Waals surface area contributed by atoms with Crippen LogP contribution >= 0.6 is 0 Å². The summed E-state index contributed by atoms with van der Waals surface area (Å²) in [5.74, 6) is 0.387. The fraction of sp³-hybridized carbons (Fsp3) is 0.214. The number of hydrogen-bond donors (Lipinski definition) is 1. The highest BCUT2D eigenvalue weighted by Gasteiger charge is 2.28. The zero-order chi connectivity index (χ0) is 15.5. The van der Waals surface area contributed by atoms with Gasteiger partial charge in [0.05, 0.1) is 7.11 Å². The summed E-state index contributed by atoms with van der Waals surface area (Å²) in [6.45, 7) is -1.37. The van der Waals surface area contributed by atoms with Crippen molar-refractivity contribution < 1.29 is 22.6 Å². The Hall–Kier alpha value is -2.44. The summed E-state index contributed by atoms with van der Waals surface area (Å²) in [7, 11) is 1.46. The van der Waals surface area contributed by atoms with E-state index in [-0.39, 0.29) is 11.4 Å². The molecule has 2 rings (SSSR count). The van der Waals surface area contributed by atoms with Crippen LogP contribution in [0.1, 0.15) is 0 Å². The van der Waals surface area contributed by atoms with E-state index in [0.29, 0.717) is 17.0 Å². The number of anilines is 1. The Morgan fingerprint density at radius 3 is 2.67 bits per heavy atom. The number of halogens is 3. The number of hydrogen-bond acceptors (Lipinski definition) is 4. The number of pyridine rings is 1. The van der Waals surface area contributed by atoms with Crippen LogP contribution in [0.2, 0.25) is 0 Å². The van der Waals surface area contributed by atoms with Crippen molar-refractivity contribution >= 4 is 5.69 Å². The van der Waals surface area contributed by atoms with Gasteiger partial charge in [0.1, 0.15) is 5.75 Å². The molecule has 21 heavy (non-hydrogen) atoms. The lowest BCUT2D eigenvalue weighted by atomic mass is 10.1. The van der Waals surface area contributed by atoms with Gasteiger partial charge < -0.3 is 15.2 Å². The first-order valence-corrected chi connectivity index (χ1v) is 5.98. The SMILES string of the molecule is COc1ncccc1-c1cc(N)cc(OCC(F)(F)F)c1. The number of methoxy groups -OCH3 is 1. The zero-order valence-electron chi connectivity index (χ0n) is 11.1. The molecular formula is C14H13F3N2O2. The van der Waals surface area contributed by atoms with Crippen LogP contribution in [0.25, 0.3) is 11.1 Å². The van der Waals surface area contributed by atoms with Gasteiger partial charge in [-0.2, -0.15) is 13.2 Å². The Morgan fingerprint density at radius 2 is 2.00 bits per heavy atom. The van der Waals surface area contributed by atoms with Gasteiger partial charge in [-0.05, 0) is 29.8 Å². The second-order valence-corrected chi connectivity index (χ2v) is 4.25. The maximum absolute atomic E-state index is 12.2. The smallest absolute Gasteiger partial charge is 0.422 e. The van der Waals surface area contributed by atoms with Crippen LogP contribution in [0.15, 0.2) is 36.5 Å². The van der Waals surface area contributed by atoms with E-state index >= 15 is 0 Å². The molecule has 0 aliphatic heterocycles. The average molecular weight is 298 g/mol. The molecule has 1 aromatic carbocycles. The van der Waals surface area contributed by atoms with Gasteiger partial charge in [-0.1, -0.05) is 0 Å². The minimum Gasteiger partial charge on any atom is -0.484 e. The van der Waals surface area contributed by atoms with E-state index < -0.39 is 12.8 Å². The third-order valence-electron chi connectivity index (χ3n) is 2.61. The van der Waals surface area contributed by atoms with E-state index in [4.69, 9.17) is 15.2 Å². The van der Waals surface area contributed by atoms with Crippen LogP contribution in [0.3, 0.4) is 0 Å². The molecule has 0 fully saturated rings. The molecule has 4 nitrogen and oxygen atoms in total. The molecule has 0 radical (unpaired) electrons. The van der Waals surface area contributed by atoms with Gasteiger partial charge in [0.25, 0.3) is 0 Å². The van der Waals surface area contributed by atoms with Crippen LogP contribution in [-0.2, 0) is 0 Å². The normalized spacial score (nSPS) is 11.2. The second kappa shape index (κ2) is 5.90. The van der Waals surface area contributed by atoms with Gasteiger partial charge in [-0.15, -0.1) is 0 Å². The Kier molecular flexibility index (Phi) is 4.21. The molecule has 0 spiro atoms. The van der Waals surface area contributed by atoms with Crippen LogP contribution < -0.4 is 15.2 Å². The molecule has 0 amide bonds. The van der Waals surface area contributed by atoms with Gasteiger partial charge in [-0.3, -0.25) is 0 Å². The van der Waals surface area contributed by atoms with Crippen molar-refractivity contribution in [1.29, 1.82) is 0 Å². The number of aromatic nitrogens is 1. The summed E-state index contributed by atoms with van der Waals surface area (Å²) in [4.78, 5) is 4.03. The van der Waals surface area contributed by atoms with E-state index in [0.717, 1.165) is 0 Å². The number of nitrogen functional groups attached to an aromatic ring is 1.